The minimum absolute atomic E-state index is 0.0963. The zero-order valence-electron chi connectivity index (χ0n) is 9.02. The van der Waals surface area contributed by atoms with Crippen LogP contribution in [0.15, 0.2) is 0 Å². The van der Waals surface area contributed by atoms with Gasteiger partial charge in [0, 0.05) is 11.4 Å². The van der Waals surface area contributed by atoms with Crippen molar-refractivity contribution < 1.29 is 5.11 Å². The third-order valence-corrected chi connectivity index (χ3v) is 2.81. The fourth-order valence-corrected chi connectivity index (χ4v) is 1.23. The number of aliphatic hydroxyl groups is 1. The van der Waals surface area contributed by atoms with E-state index in [9.17, 15) is 0 Å². The first-order valence-electron chi connectivity index (χ1n) is 4.92. The molecule has 1 N–H and O–H groups in total. The van der Waals surface area contributed by atoms with Crippen LogP contribution in [0.1, 0.15) is 33.1 Å². The van der Waals surface area contributed by atoms with Crippen molar-refractivity contribution in [3.63, 3.8) is 0 Å². The number of aliphatic hydroxyl groups excluding tert-OH is 1. The molecule has 0 aliphatic carbocycles. The number of hydrogen-bond acceptors (Lipinski definition) is 2. The molecule has 3 heteroatoms. The molecule has 0 aromatic carbocycles. The number of unbranched alkanes of at least 4 members (excludes halogenated alkanes) is 2. The maximum Gasteiger partial charge on any atom is 0.0609 e. The van der Waals surface area contributed by atoms with Crippen molar-refractivity contribution in [1.29, 1.82) is 0 Å². The highest BCUT2D eigenvalue weighted by Gasteiger charge is 2.21. The molecule has 2 nitrogen and oxygen atoms in total. The molecule has 0 unspecified atom stereocenters. The van der Waals surface area contributed by atoms with Gasteiger partial charge in [0.2, 0.25) is 0 Å². The van der Waals surface area contributed by atoms with E-state index in [2.05, 4.69) is 25.8 Å². The van der Waals surface area contributed by atoms with Gasteiger partial charge in [-0.3, -0.25) is 4.90 Å². The minimum atomic E-state index is -0.0963. The van der Waals surface area contributed by atoms with E-state index >= 15 is 0 Å². The van der Waals surface area contributed by atoms with E-state index in [1.807, 2.05) is 0 Å². The second-order valence-corrected chi connectivity index (χ2v) is 4.52. The van der Waals surface area contributed by atoms with Gasteiger partial charge in [-0.1, -0.05) is 6.42 Å². The van der Waals surface area contributed by atoms with Crippen LogP contribution in [0.3, 0.4) is 0 Å². The molecular formula is C10H22ClNO. The summed E-state index contributed by atoms with van der Waals surface area (Å²) in [5, 5.41) is 9.10. The quantitative estimate of drug-likeness (QED) is 0.511. The zero-order valence-corrected chi connectivity index (χ0v) is 9.77. The molecule has 0 radical (unpaired) electrons. The summed E-state index contributed by atoms with van der Waals surface area (Å²) in [6.45, 7) is 5.34. The van der Waals surface area contributed by atoms with Gasteiger partial charge in [0.1, 0.15) is 0 Å². The van der Waals surface area contributed by atoms with Crippen LogP contribution in [-0.2, 0) is 0 Å². The standard InChI is InChI=1S/C10H22ClNO/c1-10(2,9-13)12(3)8-6-4-5-7-11/h13H,4-9H2,1-3H3. The third kappa shape index (κ3) is 5.50. The highest BCUT2D eigenvalue weighted by Crippen LogP contribution is 2.12. The Kier molecular flexibility index (Phi) is 6.74. The molecule has 0 bridgehead atoms. The maximum absolute atomic E-state index is 9.10. The average molecular weight is 208 g/mol. The molecule has 0 aromatic heterocycles. The second-order valence-electron chi connectivity index (χ2n) is 4.14. The Balaban J connectivity index is 3.55. The zero-order chi connectivity index (χ0) is 10.3. The smallest absolute Gasteiger partial charge is 0.0609 e. The lowest BCUT2D eigenvalue weighted by molar-refractivity contribution is 0.0778. The molecule has 0 fully saturated rings. The highest BCUT2D eigenvalue weighted by atomic mass is 35.5. The van der Waals surface area contributed by atoms with Crippen LogP contribution in [0.4, 0.5) is 0 Å². The molecule has 0 rings (SSSR count). The van der Waals surface area contributed by atoms with Crippen molar-refractivity contribution in [2.75, 3.05) is 26.1 Å². The molecule has 0 saturated carbocycles. The number of rotatable bonds is 7. The Bertz CT molecular complexity index is 128. The maximum atomic E-state index is 9.10. The molecule has 0 amide bonds. The van der Waals surface area contributed by atoms with Crippen LogP contribution >= 0.6 is 11.6 Å². The van der Waals surface area contributed by atoms with Gasteiger partial charge in [-0.05, 0) is 40.3 Å². The lowest BCUT2D eigenvalue weighted by Gasteiger charge is -2.33. The summed E-state index contributed by atoms with van der Waals surface area (Å²) in [4.78, 5) is 2.20. The molecular weight excluding hydrogens is 186 g/mol. The predicted molar refractivity (Wildman–Crippen MR) is 58.4 cm³/mol. The fraction of sp³-hybridized carbons (Fsp3) is 1.00. The van der Waals surface area contributed by atoms with Gasteiger partial charge in [0.25, 0.3) is 0 Å². The van der Waals surface area contributed by atoms with Crippen LogP contribution < -0.4 is 0 Å². The summed E-state index contributed by atoms with van der Waals surface area (Å²) in [5.41, 5.74) is -0.0963. The third-order valence-electron chi connectivity index (χ3n) is 2.55. The van der Waals surface area contributed by atoms with E-state index < -0.39 is 0 Å². The van der Waals surface area contributed by atoms with Crippen molar-refractivity contribution in [3.05, 3.63) is 0 Å². The monoisotopic (exact) mass is 207 g/mol. The Hall–Kier alpha value is 0.210. The van der Waals surface area contributed by atoms with Crippen LogP contribution in [0.5, 0.6) is 0 Å². The van der Waals surface area contributed by atoms with Crippen LogP contribution in [0.2, 0.25) is 0 Å². The number of nitrogens with zero attached hydrogens (tertiary/aromatic N) is 1. The Morgan fingerprint density at radius 1 is 1.23 bits per heavy atom. The number of halogens is 1. The summed E-state index contributed by atoms with van der Waals surface area (Å²) >= 11 is 5.58. The second kappa shape index (κ2) is 6.63. The molecule has 0 spiro atoms. The van der Waals surface area contributed by atoms with Gasteiger partial charge >= 0.3 is 0 Å². The van der Waals surface area contributed by atoms with Crippen LogP contribution in [-0.4, -0.2) is 41.6 Å². The molecule has 0 aromatic rings. The lowest BCUT2D eigenvalue weighted by atomic mass is 10.0. The van der Waals surface area contributed by atoms with Crippen molar-refractivity contribution in [1.82, 2.24) is 4.90 Å². The molecule has 13 heavy (non-hydrogen) atoms. The predicted octanol–water partition coefficient (Wildman–Crippen LogP) is 2.10. The summed E-state index contributed by atoms with van der Waals surface area (Å²) in [5.74, 6) is 0.757. The molecule has 0 aliphatic heterocycles. The van der Waals surface area contributed by atoms with Crippen molar-refractivity contribution in [3.8, 4) is 0 Å². The molecule has 0 saturated heterocycles. The van der Waals surface area contributed by atoms with Gasteiger partial charge in [-0.25, -0.2) is 0 Å². The summed E-state index contributed by atoms with van der Waals surface area (Å²) in [7, 11) is 2.05. The van der Waals surface area contributed by atoms with Gasteiger partial charge in [0.05, 0.1) is 6.61 Å². The van der Waals surface area contributed by atoms with E-state index in [0.29, 0.717) is 0 Å². The van der Waals surface area contributed by atoms with E-state index in [4.69, 9.17) is 16.7 Å². The first-order chi connectivity index (χ1) is 6.04. The topological polar surface area (TPSA) is 23.5 Å². The van der Waals surface area contributed by atoms with Crippen molar-refractivity contribution in [2.24, 2.45) is 0 Å². The van der Waals surface area contributed by atoms with E-state index in [-0.39, 0.29) is 12.1 Å². The Morgan fingerprint density at radius 3 is 2.31 bits per heavy atom. The van der Waals surface area contributed by atoms with Gasteiger partial charge in [0.15, 0.2) is 0 Å². The van der Waals surface area contributed by atoms with Crippen LogP contribution in [0, 0.1) is 0 Å². The lowest BCUT2D eigenvalue weighted by Crippen LogP contribution is -2.44. The van der Waals surface area contributed by atoms with Gasteiger partial charge in [-0.15, -0.1) is 11.6 Å². The SMILES string of the molecule is CN(CCCCCCl)C(C)(C)CO. The van der Waals surface area contributed by atoms with E-state index in [0.717, 1.165) is 25.3 Å². The Morgan fingerprint density at radius 2 is 1.85 bits per heavy atom. The van der Waals surface area contributed by atoms with Crippen molar-refractivity contribution >= 4 is 11.6 Å². The molecule has 0 heterocycles. The summed E-state index contributed by atoms with van der Waals surface area (Å²) < 4.78 is 0. The largest absolute Gasteiger partial charge is 0.394 e. The average Bonchev–Trinajstić information content (AvgIpc) is 2.12. The normalized spacial score (nSPS) is 12.5. The number of alkyl halides is 1. The molecule has 0 atom stereocenters. The van der Waals surface area contributed by atoms with E-state index in [1.54, 1.807) is 0 Å². The highest BCUT2D eigenvalue weighted by molar-refractivity contribution is 6.17. The van der Waals surface area contributed by atoms with Gasteiger partial charge < -0.3 is 5.11 Å². The summed E-state index contributed by atoms with van der Waals surface area (Å²) in [6, 6.07) is 0. The van der Waals surface area contributed by atoms with Crippen LogP contribution in [0.25, 0.3) is 0 Å². The first-order valence-corrected chi connectivity index (χ1v) is 5.46. The summed E-state index contributed by atoms with van der Waals surface area (Å²) in [6.07, 6.45) is 3.43. The van der Waals surface area contributed by atoms with E-state index in [1.165, 1.54) is 6.42 Å². The number of likely N-dealkylation sites (N-methyl/N-ethyl adjacent to an activating group) is 1. The molecule has 0 aliphatic rings. The fourth-order valence-electron chi connectivity index (χ4n) is 1.04. The minimum Gasteiger partial charge on any atom is -0.394 e. The van der Waals surface area contributed by atoms with Crippen molar-refractivity contribution in [2.45, 2.75) is 38.6 Å². The Labute approximate surface area is 86.9 Å². The molecule has 80 valence electrons. The van der Waals surface area contributed by atoms with Gasteiger partial charge in [-0.2, -0.15) is 0 Å². The number of hydrogen-bond donors (Lipinski definition) is 1. The first kappa shape index (κ1) is 13.2.